The van der Waals surface area contributed by atoms with E-state index in [1.807, 2.05) is 6.92 Å². The second kappa shape index (κ2) is 6.57. The van der Waals surface area contributed by atoms with Crippen LogP contribution in [-0.2, 0) is 4.79 Å². The molecular formula is C12H15ClFNO2. The van der Waals surface area contributed by atoms with Gasteiger partial charge in [0, 0.05) is 6.42 Å². The van der Waals surface area contributed by atoms with E-state index >= 15 is 0 Å². The molecule has 0 fully saturated rings. The normalized spacial score (nSPS) is 12.2. The monoisotopic (exact) mass is 259 g/mol. The Labute approximate surface area is 105 Å². The fraction of sp³-hybridized carbons (Fsp3) is 0.417. The number of benzene rings is 1. The molecule has 1 aromatic rings. The van der Waals surface area contributed by atoms with Crippen molar-refractivity contribution in [2.45, 2.75) is 25.8 Å². The minimum atomic E-state index is -0.549. The third-order valence-corrected chi connectivity index (χ3v) is 2.63. The zero-order valence-corrected chi connectivity index (χ0v) is 10.3. The van der Waals surface area contributed by atoms with Gasteiger partial charge in [0.1, 0.15) is 5.82 Å². The van der Waals surface area contributed by atoms with Gasteiger partial charge in [-0.1, -0.05) is 24.6 Å². The Morgan fingerprint density at radius 3 is 2.82 bits per heavy atom. The van der Waals surface area contributed by atoms with Crippen LogP contribution in [-0.4, -0.2) is 17.6 Å². The van der Waals surface area contributed by atoms with E-state index < -0.39 is 11.9 Å². The first-order valence-electron chi connectivity index (χ1n) is 5.43. The van der Waals surface area contributed by atoms with Crippen LogP contribution < -0.4 is 5.32 Å². The summed E-state index contributed by atoms with van der Waals surface area (Å²) in [4.78, 5) is 11.4. The minimum absolute atomic E-state index is 0.0225. The molecule has 0 radical (unpaired) electrons. The van der Waals surface area contributed by atoms with E-state index in [4.69, 9.17) is 11.6 Å². The van der Waals surface area contributed by atoms with Crippen LogP contribution >= 0.6 is 11.6 Å². The van der Waals surface area contributed by atoms with Crippen molar-refractivity contribution in [2.24, 2.45) is 0 Å². The molecule has 1 rings (SSSR count). The lowest BCUT2D eigenvalue weighted by molar-refractivity contribution is -0.122. The predicted molar refractivity (Wildman–Crippen MR) is 64.3 cm³/mol. The number of nitrogens with one attached hydrogen (secondary N) is 1. The first-order chi connectivity index (χ1) is 8.08. The molecule has 0 bridgehead atoms. The van der Waals surface area contributed by atoms with E-state index in [9.17, 15) is 14.3 Å². The minimum Gasteiger partial charge on any atom is -0.394 e. The van der Waals surface area contributed by atoms with Gasteiger partial charge in [0.15, 0.2) is 0 Å². The van der Waals surface area contributed by atoms with Gasteiger partial charge in [0.05, 0.1) is 17.7 Å². The van der Waals surface area contributed by atoms with Gasteiger partial charge in [-0.25, -0.2) is 4.39 Å². The van der Waals surface area contributed by atoms with Gasteiger partial charge >= 0.3 is 0 Å². The predicted octanol–water partition coefficient (Wildman–Crippen LogP) is 2.43. The Morgan fingerprint density at radius 1 is 1.59 bits per heavy atom. The standard InChI is InChI=1S/C12H15ClFNO2/c1-2-3-12(17)15-11(7-16)8-4-5-10(14)9(13)6-8/h4-6,11,16H,2-3,7H2,1H3,(H,15,17). The quantitative estimate of drug-likeness (QED) is 0.853. The lowest BCUT2D eigenvalue weighted by Crippen LogP contribution is -2.30. The van der Waals surface area contributed by atoms with Crippen molar-refractivity contribution >= 4 is 17.5 Å². The average Bonchev–Trinajstić information content (AvgIpc) is 2.30. The molecule has 1 atom stereocenters. The Morgan fingerprint density at radius 2 is 2.29 bits per heavy atom. The first-order valence-corrected chi connectivity index (χ1v) is 5.81. The maximum atomic E-state index is 13.0. The highest BCUT2D eigenvalue weighted by Crippen LogP contribution is 2.20. The number of carbonyl (C=O) groups is 1. The lowest BCUT2D eigenvalue weighted by atomic mass is 10.1. The van der Waals surface area contributed by atoms with Crippen LogP contribution in [0, 0.1) is 5.82 Å². The number of hydrogen-bond donors (Lipinski definition) is 2. The Hall–Kier alpha value is -1.13. The van der Waals surface area contributed by atoms with Gasteiger partial charge in [-0.2, -0.15) is 0 Å². The van der Waals surface area contributed by atoms with Crippen molar-refractivity contribution in [2.75, 3.05) is 6.61 Å². The smallest absolute Gasteiger partial charge is 0.220 e. The highest BCUT2D eigenvalue weighted by atomic mass is 35.5. The SMILES string of the molecule is CCCC(=O)NC(CO)c1ccc(F)c(Cl)c1. The Balaban J connectivity index is 2.79. The molecular weight excluding hydrogens is 245 g/mol. The Bertz CT molecular complexity index is 398. The van der Waals surface area contributed by atoms with Gasteiger partial charge in [-0.3, -0.25) is 4.79 Å². The second-order valence-electron chi connectivity index (χ2n) is 3.73. The van der Waals surface area contributed by atoms with Gasteiger partial charge in [0.25, 0.3) is 0 Å². The van der Waals surface area contributed by atoms with Crippen LogP contribution in [0.25, 0.3) is 0 Å². The molecule has 0 aliphatic heterocycles. The summed E-state index contributed by atoms with van der Waals surface area (Å²) in [5.74, 6) is -0.668. The van der Waals surface area contributed by atoms with Gasteiger partial charge in [0.2, 0.25) is 5.91 Å². The van der Waals surface area contributed by atoms with Crippen molar-refractivity contribution in [3.05, 3.63) is 34.6 Å². The summed E-state index contributed by atoms with van der Waals surface area (Å²) in [7, 11) is 0. The summed E-state index contributed by atoms with van der Waals surface area (Å²) < 4.78 is 13.0. The van der Waals surface area contributed by atoms with Crippen LogP contribution in [0.2, 0.25) is 5.02 Å². The lowest BCUT2D eigenvalue weighted by Gasteiger charge is -2.17. The fourth-order valence-electron chi connectivity index (χ4n) is 1.46. The Kier molecular flexibility index (Phi) is 5.38. The molecule has 0 aromatic heterocycles. The molecule has 1 aromatic carbocycles. The molecule has 0 aliphatic rings. The highest BCUT2D eigenvalue weighted by molar-refractivity contribution is 6.30. The van der Waals surface area contributed by atoms with Crippen LogP contribution in [0.5, 0.6) is 0 Å². The number of rotatable bonds is 5. The van der Waals surface area contributed by atoms with E-state index in [0.29, 0.717) is 12.0 Å². The van der Waals surface area contributed by atoms with Crippen molar-refractivity contribution in [3.8, 4) is 0 Å². The molecule has 3 nitrogen and oxygen atoms in total. The van der Waals surface area contributed by atoms with Crippen molar-refractivity contribution in [3.63, 3.8) is 0 Å². The topological polar surface area (TPSA) is 49.3 Å². The molecule has 0 heterocycles. The first kappa shape index (κ1) is 13.9. The van der Waals surface area contributed by atoms with E-state index in [0.717, 1.165) is 6.42 Å². The maximum absolute atomic E-state index is 13.0. The third-order valence-electron chi connectivity index (χ3n) is 2.34. The van der Waals surface area contributed by atoms with E-state index in [-0.39, 0.29) is 17.5 Å². The summed E-state index contributed by atoms with van der Waals surface area (Å²) in [6, 6.07) is 3.57. The van der Waals surface area contributed by atoms with E-state index in [1.54, 1.807) is 0 Å². The summed E-state index contributed by atoms with van der Waals surface area (Å²) in [5.41, 5.74) is 0.586. The van der Waals surface area contributed by atoms with Crippen LogP contribution in [0.3, 0.4) is 0 Å². The number of amides is 1. The molecule has 2 N–H and O–H groups in total. The summed E-state index contributed by atoms with van der Waals surface area (Å²) >= 11 is 5.64. The molecule has 0 spiro atoms. The van der Waals surface area contributed by atoms with Gasteiger partial charge in [-0.15, -0.1) is 0 Å². The van der Waals surface area contributed by atoms with Crippen LogP contribution in [0.1, 0.15) is 31.4 Å². The van der Waals surface area contributed by atoms with Gasteiger partial charge in [-0.05, 0) is 24.1 Å². The number of hydrogen-bond acceptors (Lipinski definition) is 2. The molecule has 17 heavy (non-hydrogen) atoms. The summed E-state index contributed by atoms with van der Waals surface area (Å²) in [6.45, 7) is 1.64. The number of aliphatic hydroxyl groups excluding tert-OH is 1. The molecule has 1 unspecified atom stereocenters. The highest BCUT2D eigenvalue weighted by Gasteiger charge is 2.14. The van der Waals surface area contributed by atoms with E-state index in [2.05, 4.69) is 5.32 Å². The fourth-order valence-corrected chi connectivity index (χ4v) is 1.65. The number of carbonyl (C=O) groups excluding carboxylic acids is 1. The largest absolute Gasteiger partial charge is 0.394 e. The van der Waals surface area contributed by atoms with E-state index in [1.165, 1.54) is 18.2 Å². The molecule has 0 aliphatic carbocycles. The molecule has 0 saturated heterocycles. The zero-order chi connectivity index (χ0) is 12.8. The van der Waals surface area contributed by atoms with Crippen LogP contribution in [0.15, 0.2) is 18.2 Å². The molecule has 1 amide bonds. The third kappa shape index (κ3) is 3.98. The average molecular weight is 260 g/mol. The summed E-state index contributed by atoms with van der Waals surface area (Å²) in [5, 5.41) is 11.8. The second-order valence-corrected chi connectivity index (χ2v) is 4.13. The molecule has 94 valence electrons. The zero-order valence-electron chi connectivity index (χ0n) is 9.54. The maximum Gasteiger partial charge on any atom is 0.220 e. The van der Waals surface area contributed by atoms with Crippen molar-refractivity contribution in [1.82, 2.24) is 5.32 Å². The molecule has 0 saturated carbocycles. The van der Waals surface area contributed by atoms with Gasteiger partial charge < -0.3 is 10.4 Å². The number of halogens is 2. The van der Waals surface area contributed by atoms with Crippen LogP contribution in [0.4, 0.5) is 4.39 Å². The van der Waals surface area contributed by atoms with Crippen molar-refractivity contribution in [1.29, 1.82) is 0 Å². The molecule has 5 heteroatoms. The van der Waals surface area contributed by atoms with Crippen molar-refractivity contribution < 1.29 is 14.3 Å². The number of aliphatic hydroxyl groups is 1. The summed E-state index contributed by atoms with van der Waals surface area (Å²) in [6.07, 6.45) is 1.12.